The number of aryl methyl sites for hydroxylation is 1. The Morgan fingerprint density at radius 2 is 1.82 bits per heavy atom. The van der Waals surface area contributed by atoms with Crippen LogP contribution in [0.3, 0.4) is 0 Å². The topological polar surface area (TPSA) is 80.9 Å². The van der Waals surface area contributed by atoms with Gasteiger partial charge in [-0.05, 0) is 12.5 Å². The van der Waals surface area contributed by atoms with Gasteiger partial charge in [0.25, 0.3) is 0 Å². The summed E-state index contributed by atoms with van der Waals surface area (Å²) in [6.07, 6.45) is 0. The molecule has 0 saturated carbocycles. The molecule has 0 saturated heterocycles. The van der Waals surface area contributed by atoms with Crippen molar-refractivity contribution in [3.63, 3.8) is 0 Å². The van der Waals surface area contributed by atoms with Crippen molar-refractivity contribution in [2.24, 2.45) is 5.73 Å². The summed E-state index contributed by atoms with van der Waals surface area (Å²) in [7, 11) is 0. The fourth-order valence-corrected chi connectivity index (χ4v) is 2.49. The number of nitrogens with two attached hydrogens (primary N) is 1. The van der Waals surface area contributed by atoms with Crippen molar-refractivity contribution < 1.29 is 4.79 Å². The van der Waals surface area contributed by atoms with Gasteiger partial charge >= 0.3 is 0 Å². The molecular formula is C15H21ClN4OS. The zero-order chi connectivity index (χ0) is 15.6. The molecule has 1 unspecified atom stereocenters. The zero-order valence-corrected chi connectivity index (χ0v) is 14.7. The predicted octanol–water partition coefficient (Wildman–Crippen LogP) is 3.20. The highest BCUT2D eigenvalue weighted by atomic mass is 35.5. The second kappa shape index (κ2) is 7.17. The minimum atomic E-state index is -0.715. The SMILES string of the molecule is Cc1ccc(C(N)C(=O)Nc2nnc(C(C)(C)C)s2)cc1.Cl. The maximum atomic E-state index is 12.2. The zero-order valence-electron chi connectivity index (χ0n) is 13.1. The third-order valence-corrected chi connectivity index (χ3v) is 4.28. The number of nitrogens with one attached hydrogen (secondary N) is 1. The van der Waals surface area contributed by atoms with Crippen molar-refractivity contribution in [2.75, 3.05) is 5.32 Å². The summed E-state index contributed by atoms with van der Waals surface area (Å²) in [4.78, 5) is 12.2. The van der Waals surface area contributed by atoms with Gasteiger partial charge in [0, 0.05) is 5.41 Å². The maximum Gasteiger partial charge on any atom is 0.247 e. The number of carbonyl (C=O) groups excluding carboxylic acids is 1. The lowest BCUT2D eigenvalue weighted by atomic mass is 9.98. The van der Waals surface area contributed by atoms with Gasteiger partial charge in [0.1, 0.15) is 11.0 Å². The van der Waals surface area contributed by atoms with Gasteiger partial charge in [-0.15, -0.1) is 22.6 Å². The molecule has 0 aliphatic rings. The highest BCUT2D eigenvalue weighted by Crippen LogP contribution is 2.28. The number of hydrogen-bond donors (Lipinski definition) is 2. The molecule has 1 heterocycles. The Bertz CT molecular complexity index is 634. The molecule has 22 heavy (non-hydrogen) atoms. The Labute approximate surface area is 140 Å². The van der Waals surface area contributed by atoms with Crippen LogP contribution in [-0.4, -0.2) is 16.1 Å². The van der Waals surface area contributed by atoms with E-state index in [9.17, 15) is 4.79 Å². The first-order valence-electron chi connectivity index (χ1n) is 6.74. The fraction of sp³-hybridized carbons (Fsp3) is 0.400. The Balaban J connectivity index is 0.00000242. The van der Waals surface area contributed by atoms with E-state index < -0.39 is 6.04 Å². The number of nitrogens with zero attached hydrogens (tertiary/aromatic N) is 2. The number of halogens is 1. The lowest BCUT2D eigenvalue weighted by Crippen LogP contribution is -2.27. The van der Waals surface area contributed by atoms with Gasteiger partial charge < -0.3 is 5.73 Å². The lowest BCUT2D eigenvalue weighted by Gasteiger charge is -2.12. The molecule has 0 bridgehead atoms. The Morgan fingerprint density at radius 3 is 2.32 bits per heavy atom. The van der Waals surface area contributed by atoms with E-state index >= 15 is 0 Å². The van der Waals surface area contributed by atoms with Gasteiger partial charge in [-0.3, -0.25) is 10.1 Å². The smallest absolute Gasteiger partial charge is 0.247 e. The first-order chi connectivity index (χ1) is 9.77. The first-order valence-corrected chi connectivity index (χ1v) is 7.56. The van der Waals surface area contributed by atoms with Crippen LogP contribution in [0.1, 0.15) is 42.9 Å². The Morgan fingerprint density at radius 1 is 1.23 bits per heavy atom. The standard InChI is InChI=1S/C15H20N4OS.ClH/c1-9-5-7-10(8-6-9)11(16)12(20)17-14-19-18-13(21-14)15(2,3)4;/h5-8,11H,16H2,1-4H3,(H,17,19,20);1H. The molecule has 0 aliphatic carbocycles. The molecular weight excluding hydrogens is 320 g/mol. The molecule has 5 nitrogen and oxygen atoms in total. The van der Waals surface area contributed by atoms with Gasteiger partial charge in [-0.25, -0.2) is 0 Å². The second-order valence-electron chi connectivity index (χ2n) is 6.04. The van der Waals surface area contributed by atoms with Gasteiger partial charge in [0.2, 0.25) is 11.0 Å². The highest BCUT2D eigenvalue weighted by molar-refractivity contribution is 7.15. The Hall–Kier alpha value is -1.50. The predicted molar refractivity (Wildman–Crippen MR) is 92.6 cm³/mol. The summed E-state index contributed by atoms with van der Waals surface area (Å²) in [5, 5.41) is 12.2. The third-order valence-electron chi connectivity index (χ3n) is 3.02. The van der Waals surface area contributed by atoms with E-state index in [1.165, 1.54) is 11.3 Å². The van der Waals surface area contributed by atoms with Crippen LogP contribution in [-0.2, 0) is 10.2 Å². The second-order valence-corrected chi connectivity index (χ2v) is 7.02. The van der Waals surface area contributed by atoms with Crippen LogP contribution < -0.4 is 11.1 Å². The summed E-state index contributed by atoms with van der Waals surface area (Å²) in [6.45, 7) is 8.15. The maximum absolute atomic E-state index is 12.2. The number of anilines is 1. The molecule has 1 aromatic heterocycles. The monoisotopic (exact) mass is 340 g/mol. The highest BCUT2D eigenvalue weighted by Gasteiger charge is 2.22. The van der Waals surface area contributed by atoms with E-state index in [0.29, 0.717) is 5.13 Å². The summed E-state index contributed by atoms with van der Waals surface area (Å²) in [5.41, 5.74) is 7.80. The summed E-state index contributed by atoms with van der Waals surface area (Å²) < 4.78 is 0. The van der Waals surface area contributed by atoms with Crippen LogP contribution in [0.5, 0.6) is 0 Å². The number of benzene rings is 1. The number of hydrogen-bond acceptors (Lipinski definition) is 5. The largest absolute Gasteiger partial charge is 0.316 e. The molecule has 120 valence electrons. The molecule has 0 aliphatic heterocycles. The molecule has 2 rings (SSSR count). The average molecular weight is 341 g/mol. The van der Waals surface area contributed by atoms with Crippen LogP contribution in [0.15, 0.2) is 24.3 Å². The Kier molecular flexibility index (Phi) is 6.05. The summed E-state index contributed by atoms with van der Waals surface area (Å²) in [5.74, 6) is -0.282. The molecule has 3 N–H and O–H groups in total. The lowest BCUT2D eigenvalue weighted by molar-refractivity contribution is -0.117. The molecule has 1 aromatic carbocycles. The number of carbonyl (C=O) groups is 1. The van der Waals surface area contributed by atoms with Crippen molar-refractivity contribution in [3.8, 4) is 0 Å². The van der Waals surface area contributed by atoms with Crippen molar-refractivity contribution in [1.29, 1.82) is 0 Å². The van der Waals surface area contributed by atoms with Crippen molar-refractivity contribution >= 4 is 34.8 Å². The van der Waals surface area contributed by atoms with Gasteiger partial charge in [-0.1, -0.05) is 61.9 Å². The van der Waals surface area contributed by atoms with E-state index in [2.05, 4.69) is 36.3 Å². The van der Waals surface area contributed by atoms with Crippen LogP contribution in [0.2, 0.25) is 0 Å². The van der Waals surface area contributed by atoms with Crippen LogP contribution >= 0.6 is 23.7 Å². The number of rotatable bonds is 3. The minimum Gasteiger partial charge on any atom is -0.316 e. The first kappa shape index (κ1) is 18.5. The molecule has 7 heteroatoms. The van der Waals surface area contributed by atoms with E-state index in [1.54, 1.807) is 0 Å². The molecule has 2 aromatic rings. The van der Waals surface area contributed by atoms with E-state index in [4.69, 9.17) is 5.73 Å². The van der Waals surface area contributed by atoms with Crippen LogP contribution in [0.4, 0.5) is 5.13 Å². The van der Waals surface area contributed by atoms with Gasteiger partial charge in [0.05, 0.1) is 0 Å². The average Bonchev–Trinajstić information content (AvgIpc) is 2.87. The van der Waals surface area contributed by atoms with Gasteiger partial charge in [-0.2, -0.15) is 0 Å². The minimum absolute atomic E-state index is 0. The molecule has 0 fully saturated rings. The van der Waals surface area contributed by atoms with E-state index in [-0.39, 0.29) is 23.7 Å². The number of aromatic nitrogens is 2. The van der Waals surface area contributed by atoms with Crippen LogP contribution in [0, 0.1) is 6.92 Å². The van der Waals surface area contributed by atoms with Gasteiger partial charge in [0.15, 0.2) is 0 Å². The van der Waals surface area contributed by atoms with Crippen molar-refractivity contribution in [3.05, 3.63) is 40.4 Å². The molecule has 1 amide bonds. The van der Waals surface area contributed by atoms with Crippen molar-refractivity contribution in [1.82, 2.24) is 10.2 Å². The quantitative estimate of drug-likeness (QED) is 0.899. The summed E-state index contributed by atoms with van der Waals surface area (Å²) in [6, 6.07) is 6.88. The fourth-order valence-electron chi connectivity index (χ4n) is 1.69. The molecule has 1 atom stereocenters. The number of amides is 1. The molecule has 0 spiro atoms. The van der Waals surface area contributed by atoms with E-state index in [1.807, 2.05) is 31.2 Å². The molecule has 0 radical (unpaired) electrons. The third kappa shape index (κ3) is 4.50. The van der Waals surface area contributed by atoms with E-state index in [0.717, 1.165) is 16.1 Å². The van der Waals surface area contributed by atoms with Crippen molar-refractivity contribution in [2.45, 2.75) is 39.2 Å². The summed E-state index contributed by atoms with van der Waals surface area (Å²) >= 11 is 1.37. The normalized spacial score (nSPS) is 12.4. The van der Waals surface area contributed by atoms with Crippen LogP contribution in [0.25, 0.3) is 0 Å².